The molecule has 1 aromatic heterocycles. The molecule has 0 spiro atoms. The monoisotopic (exact) mass is 218 g/mol. The van der Waals surface area contributed by atoms with Crippen LogP contribution in [0.15, 0.2) is 24.5 Å². The fraction of sp³-hybridized carbons (Fsp3) is 0.583. The summed E-state index contributed by atoms with van der Waals surface area (Å²) in [6.07, 6.45) is 11.0. The van der Waals surface area contributed by atoms with Crippen LogP contribution in [-0.4, -0.2) is 36.0 Å². The summed E-state index contributed by atoms with van der Waals surface area (Å²) in [6, 6.07) is 0.588. The minimum atomic E-state index is 0.588. The smallest absolute Gasteiger partial charge is 0.0758 e. The molecule has 16 heavy (non-hydrogen) atoms. The summed E-state index contributed by atoms with van der Waals surface area (Å²) in [6.45, 7) is 4.28. The van der Waals surface area contributed by atoms with Crippen molar-refractivity contribution < 1.29 is 0 Å². The Hall–Kier alpha value is -1.29. The first-order chi connectivity index (χ1) is 7.93. The van der Waals surface area contributed by atoms with Gasteiger partial charge in [0, 0.05) is 19.3 Å². The molecule has 2 aliphatic heterocycles. The van der Waals surface area contributed by atoms with Gasteiger partial charge < -0.3 is 10.2 Å². The first kappa shape index (κ1) is 9.90. The van der Waals surface area contributed by atoms with Crippen LogP contribution < -0.4 is 10.2 Å². The lowest BCUT2D eigenvalue weighted by Crippen LogP contribution is -2.29. The van der Waals surface area contributed by atoms with Crippen molar-refractivity contribution >= 4 is 5.69 Å². The second-order valence-corrected chi connectivity index (χ2v) is 4.54. The molecule has 0 unspecified atom stereocenters. The largest absolute Gasteiger partial charge is 0.362 e. The number of rotatable bonds is 2. The topological polar surface area (TPSA) is 33.1 Å². The predicted molar refractivity (Wildman–Crippen MR) is 64.7 cm³/mol. The molecule has 0 atom stereocenters. The third-order valence-corrected chi connectivity index (χ3v) is 3.45. The number of nitrogens with zero attached hydrogens (tertiary/aromatic N) is 3. The fourth-order valence-corrected chi connectivity index (χ4v) is 2.45. The Morgan fingerprint density at radius 1 is 1.19 bits per heavy atom. The molecular formula is C12H18N4. The Morgan fingerprint density at radius 3 is 2.69 bits per heavy atom. The van der Waals surface area contributed by atoms with Crippen LogP contribution in [0.5, 0.6) is 0 Å². The van der Waals surface area contributed by atoms with E-state index in [1.165, 1.54) is 18.5 Å². The van der Waals surface area contributed by atoms with Crippen molar-refractivity contribution in [2.24, 2.45) is 0 Å². The highest BCUT2D eigenvalue weighted by Crippen LogP contribution is 2.22. The van der Waals surface area contributed by atoms with Crippen LogP contribution in [0, 0.1) is 0 Å². The Kier molecular flexibility index (Phi) is 2.66. The van der Waals surface area contributed by atoms with E-state index in [-0.39, 0.29) is 0 Å². The molecular weight excluding hydrogens is 200 g/mol. The highest BCUT2D eigenvalue weighted by atomic mass is 15.3. The number of anilines is 1. The number of hydrogen-bond donors (Lipinski definition) is 1. The van der Waals surface area contributed by atoms with Gasteiger partial charge >= 0.3 is 0 Å². The van der Waals surface area contributed by atoms with Crippen molar-refractivity contribution in [3.63, 3.8) is 0 Å². The van der Waals surface area contributed by atoms with Gasteiger partial charge in [-0.15, -0.1) is 0 Å². The molecule has 1 aromatic rings. The van der Waals surface area contributed by atoms with Crippen LogP contribution in [0.1, 0.15) is 18.9 Å². The van der Waals surface area contributed by atoms with Crippen molar-refractivity contribution in [3.8, 4) is 0 Å². The molecule has 0 saturated carbocycles. The minimum absolute atomic E-state index is 0.588. The molecule has 0 radical (unpaired) electrons. The second kappa shape index (κ2) is 4.29. The van der Waals surface area contributed by atoms with Gasteiger partial charge in [-0.3, -0.25) is 4.68 Å². The first-order valence-corrected chi connectivity index (χ1v) is 6.08. The summed E-state index contributed by atoms with van der Waals surface area (Å²) in [5, 5.41) is 7.89. The number of hydrogen-bond acceptors (Lipinski definition) is 3. The third-order valence-electron chi connectivity index (χ3n) is 3.45. The van der Waals surface area contributed by atoms with Gasteiger partial charge in [0.25, 0.3) is 0 Å². The van der Waals surface area contributed by atoms with E-state index in [0.29, 0.717) is 6.04 Å². The predicted octanol–water partition coefficient (Wildman–Crippen LogP) is 1.18. The summed E-state index contributed by atoms with van der Waals surface area (Å²) in [5.41, 5.74) is 1.25. The Bertz CT molecular complexity index is 368. The summed E-state index contributed by atoms with van der Waals surface area (Å²) in [5.74, 6) is 0. The first-order valence-electron chi connectivity index (χ1n) is 6.08. The number of aromatic nitrogens is 2. The normalized spacial score (nSPS) is 21.9. The molecule has 0 amide bonds. The van der Waals surface area contributed by atoms with E-state index in [9.17, 15) is 0 Å². The highest BCUT2D eigenvalue weighted by Gasteiger charge is 2.17. The van der Waals surface area contributed by atoms with Crippen molar-refractivity contribution in [1.29, 1.82) is 0 Å². The van der Waals surface area contributed by atoms with Crippen LogP contribution in [0.25, 0.3) is 0 Å². The summed E-state index contributed by atoms with van der Waals surface area (Å²) in [7, 11) is 0. The second-order valence-electron chi connectivity index (χ2n) is 4.54. The molecule has 4 heteroatoms. The average molecular weight is 218 g/mol. The zero-order chi connectivity index (χ0) is 10.8. The van der Waals surface area contributed by atoms with Crippen LogP contribution >= 0.6 is 0 Å². The van der Waals surface area contributed by atoms with Gasteiger partial charge in [-0.2, -0.15) is 5.10 Å². The van der Waals surface area contributed by atoms with Crippen molar-refractivity contribution in [3.05, 3.63) is 24.5 Å². The fourth-order valence-electron chi connectivity index (χ4n) is 2.45. The third kappa shape index (κ3) is 1.85. The van der Waals surface area contributed by atoms with Gasteiger partial charge in [-0.05, 0) is 25.9 Å². The maximum atomic E-state index is 4.50. The molecule has 1 N–H and O–H groups in total. The van der Waals surface area contributed by atoms with Gasteiger partial charge in [-0.1, -0.05) is 12.2 Å². The van der Waals surface area contributed by atoms with E-state index in [1.54, 1.807) is 0 Å². The molecule has 0 aromatic carbocycles. The quantitative estimate of drug-likeness (QED) is 0.757. The maximum absolute atomic E-state index is 4.50. The lowest BCUT2D eigenvalue weighted by atomic mass is 10.1. The van der Waals surface area contributed by atoms with Crippen LogP contribution in [0.2, 0.25) is 0 Å². The summed E-state index contributed by atoms with van der Waals surface area (Å²) >= 11 is 0. The zero-order valence-corrected chi connectivity index (χ0v) is 9.47. The minimum Gasteiger partial charge on any atom is -0.362 e. The Labute approximate surface area is 95.9 Å². The number of piperidine rings is 1. The molecule has 86 valence electrons. The summed E-state index contributed by atoms with van der Waals surface area (Å²) in [4.78, 5) is 2.34. The molecule has 1 fully saturated rings. The molecule has 3 heterocycles. The highest BCUT2D eigenvalue weighted by molar-refractivity contribution is 5.45. The van der Waals surface area contributed by atoms with Crippen LogP contribution in [0.4, 0.5) is 5.69 Å². The van der Waals surface area contributed by atoms with E-state index in [1.807, 2.05) is 6.20 Å². The van der Waals surface area contributed by atoms with Gasteiger partial charge in [0.1, 0.15) is 0 Å². The molecule has 4 nitrogen and oxygen atoms in total. The molecule has 0 bridgehead atoms. The molecule has 2 aliphatic rings. The van der Waals surface area contributed by atoms with E-state index in [2.05, 4.69) is 38.3 Å². The average Bonchev–Trinajstić information content (AvgIpc) is 3.01. The number of nitrogens with one attached hydrogen (secondary N) is 1. The molecule has 1 saturated heterocycles. The standard InChI is InChI=1S/C12H18N4/c1-2-8-15(7-1)12-9-14-16(10-12)11-3-5-13-6-4-11/h1-2,9-11,13H,3-8H2. The van der Waals surface area contributed by atoms with E-state index in [0.717, 1.165) is 26.2 Å². The Morgan fingerprint density at radius 2 is 1.94 bits per heavy atom. The van der Waals surface area contributed by atoms with Gasteiger partial charge in [-0.25, -0.2) is 0 Å². The van der Waals surface area contributed by atoms with Gasteiger partial charge in [0.2, 0.25) is 0 Å². The summed E-state index contributed by atoms with van der Waals surface area (Å²) < 4.78 is 2.15. The van der Waals surface area contributed by atoms with Crippen LogP contribution in [0.3, 0.4) is 0 Å². The van der Waals surface area contributed by atoms with Gasteiger partial charge in [0.05, 0.1) is 17.9 Å². The Balaban J connectivity index is 1.71. The van der Waals surface area contributed by atoms with Crippen molar-refractivity contribution in [1.82, 2.24) is 15.1 Å². The van der Waals surface area contributed by atoms with E-state index in [4.69, 9.17) is 0 Å². The van der Waals surface area contributed by atoms with Gasteiger partial charge in [0.15, 0.2) is 0 Å². The van der Waals surface area contributed by atoms with E-state index >= 15 is 0 Å². The lowest BCUT2D eigenvalue weighted by Gasteiger charge is -2.23. The maximum Gasteiger partial charge on any atom is 0.0758 e. The van der Waals surface area contributed by atoms with Crippen LogP contribution in [-0.2, 0) is 0 Å². The lowest BCUT2D eigenvalue weighted by molar-refractivity contribution is 0.343. The van der Waals surface area contributed by atoms with Crippen molar-refractivity contribution in [2.75, 3.05) is 31.1 Å². The molecule has 3 rings (SSSR count). The van der Waals surface area contributed by atoms with Crippen molar-refractivity contribution in [2.45, 2.75) is 18.9 Å². The molecule has 0 aliphatic carbocycles. The zero-order valence-electron chi connectivity index (χ0n) is 9.47. The van der Waals surface area contributed by atoms with E-state index < -0.39 is 0 Å². The SMILES string of the molecule is C1=CCN(c2cnn(C3CCNCC3)c2)C1.